The molecule has 18 heavy (non-hydrogen) atoms. The van der Waals surface area contributed by atoms with E-state index in [4.69, 9.17) is 10.2 Å². The summed E-state index contributed by atoms with van der Waals surface area (Å²) < 4.78 is 7.21. The van der Waals surface area contributed by atoms with Gasteiger partial charge in [0.1, 0.15) is 11.9 Å². The number of pyridine rings is 1. The number of aryl methyl sites for hydroxylation is 1. The van der Waals surface area contributed by atoms with Crippen molar-refractivity contribution in [2.45, 2.75) is 19.4 Å². The summed E-state index contributed by atoms with van der Waals surface area (Å²) in [5.41, 5.74) is 8.90. The van der Waals surface area contributed by atoms with Crippen LogP contribution in [0, 0.1) is 6.92 Å². The van der Waals surface area contributed by atoms with Gasteiger partial charge in [-0.2, -0.15) is 0 Å². The number of hydrogen-bond acceptors (Lipinski definition) is 4. The summed E-state index contributed by atoms with van der Waals surface area (Å²) in [6.07, 6.45) is 6.13. The van der Waals surface area contributed by atoms with Gasteiger partial charge in [0, 0.05) is 31.4 Å². The summed E-state index contributed by atoms with van der Waals surface area (Å²) in [5.74, 6) is 0.638. The predicted octanol–water partition coefficient (Wildman–Crippen LogP) is 1.87. The average molecular weight is 242 g/mol. The molecule has 92 valence electrons. The first kappa shape index (κ1) is 11.0. The molecule has 0 radical (unpaired) electrons. The van der Waals surface area contributed by atoms with Crippen LogP contribution < -0.4 is 5.73 Å². The molecule has 0 aliphatic carbocycles. The second-order valence-electron chi connectivity index (χ2n) is 4.28. The van der Waals surface area contributed by atoms with E-state index in [1.54, 1.807) is 6.26 Å². The second-order valence-corrected chi connectivity index (χ2v) is 4.28. The number of rotatable bonds is 3. The molecule has 1 unspecified atom stereocenters. The van der Waals surface area contributed by atoms with Crippen molar-refractivity contribution in [1.82, 2.24) is 14.4 Å². The third-order valence-corrected chi connectivity index (χ3v) is 2.94. The van der Waals surface area contributed by atoms with Crippen molar-refractivity contribution in [3.63, 3.8) is 0 Å². The zero-order valence-electron chi connectivity index (χ0n) is 10.1. The Morgan fingerprint density at radius 2 is 2.33 bits per heavy atom. The second kappa shape index (κ2) is 4.27. The zero-order chi connectivity index (χ0) is 12.5. The Bertz CT molecular complexity index is 670. The molecule has 3 rings (SSSR count). The van der Waals surface area contributed by atoms with Gasteiger partial charge in [-0.05, 0) is 12.1 Å². The molecule has 0 amide bonds. The lowest BCUT2D eigenvalue weighted by Gasteiger charge is -2.07. The fourth-order valence-electron chi connectivity index (χ4n) is 2.02. The van der Waals surface area contributed by atoms with E-state index < -0.39 is 0 Å². The first-order valence-corrected chi connectivity index (χ1v) is 5.82. The molecular weight excluding hydrogens is 228 g/mol. The quantitative estimate of drug-likeness (QED) is 0.761. The van der Waals surface area contributed by atoms with E-state index in [-0.39, 0.29) is 6.04 Å². The van der Waals surface area contributed by atoms with E-state index in [0.717, 1.165) is 17.0 Å². The minimum absolute atomic E-state index is 0.178. The van der Waals surface area contributed by atoms with Gasteiger partial charge in [0.25, 0.3) is 0 Å². The molecule has 3 aromatic heterocycles. The van der Waals surface area contributed by atoms with Crippen LogP contribution in [0.15, 0.2) is 41.3 Å². The number of oxazole rings is 1. The molecule has 0 bridgehead atoms. The van der Waals surface area contributed by atoms with Crippen molar-refractivity contribution in [2.24, 2.45) is 5.73 Å². The summed E-state index contributed by atoms with van der Waals surface area (Å²) in [7, 11) is 0. The Morgan fingerprint density at radius 3 is 3.11 bits per heavy atom. The maximum Gasteiger partial charge on any atom is 0.191 e. The number of fused-ring (bicyclic) bond motifs is 1. The fraction of sp³-hybridized carbons (Fsp3) is 0.231. The highest BCUT2D eigenvalue weighted by Gasteiger charge is 2.13. The third kappa shape index (κ3) is 1.89. The molecule has 0 aliphatic rings. The van der Waals surface area contributed by atoms with Crippen molar-refractivity contribution in [3.05, 3.63) is 54.1 Å². The van der Waals surface area contributed by atoms with Gasteiger partial charge in [-0.25, -0.2) is 9.97 Å². The maximum atomic E-state index is 6.13. The Kier molecular flexibility index (Phi) is 2.60. The maximum absolute atomic E-state index is 6.13. The molecule has 5 heteroatoms. The van der Waals surface area contributed by atoms with Crippen LogP contribution in [0.25, 0.3) is 5.65 Å². The molecule has 0 saturated heterocycles. The van der Waals surface area contributed by atoms with E-state index in [1.807, 2.05) is 41.9 Å². The van der Waals surface area contributed by atoms with Crippen LogP contribution in [0.4, 0.5) is 0 Å². The summed E-state index contributed by atoms with van der Waals surface area (Å²) in [6.45, 7) is 1.81. The summed E-state index contributed by atoms with van der Waals surface area (Å²) in [5, 5.41) is 0. The SMILES string of the molecule is Cc1nc(C(N)Cc2cnc3ccccn23)co1. The number of imidazole rings is 1. The fourth-order valence-corrected chi connectivity index (χ4v) is 2.02. The number of hydrogen-bond donors (Lipinski definition) is 1. The topological polar surface area (TPSA) is 69.3 Å². The van der Waals surface area contributed by atoms with Crippen LogP contribution in [0.1, 0.15) is 23.3 Å². The molecule has 3 heterocycles. The normalized spacial score (nSPS) is 13.0. The Morgan fingerprint density at radius 1 is 1.44 bits per heavy atom. The first-order valence-electron chi connectivity index (χ1n) is 5.82. The molecule has 0 saturated carbocycles. The predicted molar refractivity (Wildman–Crippen MR) is 67.1 cm³/mol. The van der Waals surface area contributed by atoms with Crippen LogP contribution in [0.3, 0.4) is 0 Å². The smallest absolute Gasteiger partial charge is 0.191 e. The molecule has 3 aromatic rings. The van der Waals surface area contributed by atoms with Gasteiger partial charge >= 0.3 is 0 Å². The van der Waals surface area contributed by atoms with Crippen molar-refractivity contribution < 1.29 is 4.42 Å². The lowest BCUT2D eigenvalue weighted by molar-refractivity contribution is 0.519. The summed E-state index contributed by atoms with van der Waals surface area (Å²) >= 11 is 0. The third-order valence-electron chi connectivity index (χ3n) is 2.94. The van der Waals surface area contributed by atoms with Gasteiger partial charge in [-0.1, -0.05) is 6.07 Å². The minimum atomic E-state index is -0.178. The van der Waals surface area contributed by atoms with E-state index in [9.17, 15) is 0 Å². The molecule has 0 aliphatic heterocycles. The lowest BCUT2D eigenvalue weighted by atomic mass is 10.1. The summed E-state index contributed by atoms with van der Waals surface area (Å²) in [6, 6.07) is 5.73. The van der Waals surface area contributed by atoms with Gasteiger partial charge in [-0.15, -0.1) is 0 Å². The number of aromatic nitrogens is 3. The van der Waals surface area contributed by atoms with E-state index in [2.05, 4.69) is 9.97 Å². The first-order chi connectivity index (χ1) is 8.74. The van der Waals surface area contributed by atoms with E-state index in [1.165, 1.54) is 0 Å². The van der Waals surface area contributed by atoms with Crippen molar-refractivity contribution >= 4 is 5.65 Å². The monoisotopic (exact) mass is 242 g/mol. The Hall–Kier alpha value is -2.14. The van der Waals surface area contributed by atoms with Gasteiger partial charge in [-0.3, -0.25) is 0 Å². The molecule has 1 atom stereocenters. The van der Waals surface area contributed by atoms with Crippen LogP contribution in [0.5, 0.6) is 0 Å². The van der Waals surface area contributed by atoms with E-state index >= 15 is 0 Å². The van der Waals surface area contributed by atoms with Gasteiger partial charge < -0.3 is 14.6 Å². The average Bonchev–Trinajstić information content (AvgIpc) is 2.97. The van der Waals surface area contributed by atoms with Gasteiger partial charge in [0.2, 0.25) is 0 Å². The molecule has 0 aromatic carbocycles. The molecule has 0 fully saturated rings. The van der Waals surface area contributed by atoms with Crippen LogP contribution in [-0.4, -0.2) is 14.4 Å². The summed E-state index contributed by atoms with van der Waals surface area (Å²) in [4.78, 5) is 8.58. The highest BCUT2D eigenvalue weighted by molar-refractivity contribution is 5.40. The standard InChI is InChI=1S/C13H14N4O/c1-9-16-12(8-18-9)11(14)6-10-7-15-13-4-2-3-5-17(10)13/h2-5,7-8,11H,6,14H2,1H3. The number of nitrogens with two attached hydrogens (primary N) is 1. The largest absolute Gasteiger partial charge is 0.449 e. The number of nitrogens with zero attached hydrogens (tertiary/aromatic N) is 3. The van der Waals surface area contributed by atoms with Gasteiger partial charge in [0.15, 0.2) is 5.89 Å². The molecule has 0 spiro atoms. The van der Waals surface area contributed by atoms with Crippen LogP contribution >= 0.6 is 0 Å². The van der Waals surface area contributed by atoms with Crippen molar-refractivity contribution in [3.8, 4) is 0 Å². The molecular formula is C13H14N4O. The van der Waals surface area contributed by atoms with Crippen molar-refractivity contribution in [2.75, 3.05) is 0 Å². The van der Waals surface area contributed by atoms with Crippen molar-refractivity contribution in [1.29, 1.82) is 0 Å². The Labute approximate surface area is 104 Å². The Balaban J connectivity index is 1.88. The van der Waals surface area contributed by atoms with Gasteiger partial charge in [0.05, 0.1) is 11.7 Å². The van der Waals surface area contributed by atoms with Crippen LogP contribution in [0.2, 0.25) is 0 Å². The highest BCUT2D eigenvalue weighted by atomic mass is 16.3. The lowest BCUT2D eigenvalue weighted by Crippen LogP contribution is -2.14. The zero-order valence-corrected chi connectivity index (χ0v) is 10.1. The molecule has 2 N–H and O–H groups in total. The minimum Gasteiger partial charge on any atom is -0.449 e. The van der Waals surface area contributed by atoms with Crippen LogP contribution in [-0.2, 0) is 6.42 Å². The molecule has 5 nitrogen and oxygen atoms in total. The highest BCUT2D eigenvalue weighted by Crippen LogP contribution is 2.16. The van der Waals surface area contributed by atoms with E-state index in [0.29, 0.717) is 12.3 Å².